The summed E-state index contributed by atoms with van der Waals surface area (Å²) in [7, 11) is 1.69. The van der Waals surface area contributed by atoms with Gasteiger partial charge in [0, 0.05) is 23.9 Å². The normalized spacial score (nSPS) is 10.9. The summed E-state index contributed by atoms with van der Waals surface area (Å²) in [6.45, 7) is 7.42. The Morgan fingerprint density at radius 2 is 2.21 bits per heavy atom. The molecule has 0 spiro atoms. The molecule has 2 aromatic rings. The predicted octanol–water partition coefficient (Wildman–Crippen LogP) is 3.53. The van der Waals surface area contributed by atoms with Gasteiger partial charge < -0.3 is 4.74 Å². The Morgan fingerprint density at radius 1 is 1.42 bits per heavy atom. The number of ether oxygens (including phenoxy) is 1. The molecule has 0 aliphatic heterocycles. The first kappa shape index (κ1) is 14.1. The highest BCUT2D eigenvalue weighted by Crippen LogP contribution is 2.28. The Kier molecular flexibility index (Phi) is 4.61. The van der Waals surface area contributed by atoms with Gasteiger partial charge in [-0.2, -0.15) is 5.10 Å². The second-order valence-electron chi connectivity index (χ2n) is 4.47. The molecule has 0 unspecified atom stereocenters. The molecule has 101 valence electrons. The van der Waals surface area contributed by atoms with E-state index < -0.39 is 0 Å². The number of hydrogen-bond donors (Lipinski definition) is 0. The van der Waals surface area contributed by atoms with E-state index in [0.29, 0.717) is 13.0 Å². The number of benzene rings is 1. The molecule has 0 atom stereocenters. The van der Waals surface area contributed by atoms with Gasteiger partial charge in [-0.05, 0) is 43.5 Å². The molecule has 1 heterocycles. The summed E-state index contributed by atoms with van der Waals surface area (Å²) in [6.07, 6.45) is 2.73. The first-order valence-corrected chi connectivity index (χ1v) is 6.64. The predicted molar refractivity (Wildman–Crippen MR) is 78.3 cm³/mol. The molecule has 1 aromatic heterocycles. The number of aryl methyl sites for hydroxylation is 1. The molecular weight excluding hydrogens is 260 g/mol. The van der Waals surface area contributed by atoms with Gasteiger partial charge in [0.05, 0.1) is 18.8 Å². The molecule has 0 saturated heterocycles. The summed E-state index contributed by atoms with van der Waals surface area (Å²) < 4.78 is 6.98. The fourth-order valence-electron chi connectivity index (χ4n) is 2.02. The van der Waals surface area contributed by atoms with Crippen molar-refractivity contribution >= 4 is 11.6 Å². The maximum atomic E-state index is 6.08. The van der Waals surface area contributed by atoms with E-state index in [1.54, 1.807) is 7.11 Å². The largest absolute Gasteiger partial charge is 0.383 e. The molecule has 0 bridgehead atoms. The second kappa shape index (κ2) is 6.22. The average molecular weight is 278 g/mol. The molecule has 0 fully saturated rings. The van der Waals surface area contributed by atoms with Gasteiger partial charge in [0.2, 0.25) is 0 Å². The van der Waals surface area contributed by atoms with E-state index >= 15 is 0 Å². The number of aromatic nitrogens is 2. The molecule has 0 aliphatic carbocycles. The Balaban J connectivity index is 2.42. The minimum atomic E-state index is 0.645. The van der Waals surface area contributed by atoms with Crippen molar-refractivity contribution < 1.29 is 4.74 Å². The summed E-state index contributed by atoms with van der Waals surface area (Å²) in [4.78, 5) is 0. The number of nitrogens with zero attached hydrogens (tertiary/aromatic N) is 2. The fraction of sp³-hybridized carbons (Fsp3) is 0.333. The third kappa shape index (κ3) is 3.17. The van der Waals surface area contributed by atoms with Gasteiger partial charge in [-0.1, -0.05) is 17.7 Å². The van der Waals surface area contributed by atoms with E-state index in [2.05, 4.69) is 18.9 Å². The molecule has 1 aromatic carbocycles. The molecule has 1 radical (unpaired) electrons. The highest BCUT2D eigenvalue weighted by Gasteiger charge is 2.12. The highest BCUT2D eigenvalue weighted by atomic mass is 35.5. The zero-order valence-corrected chi connectivity index (χ0v) is 12.1. The number of halogens is 1. The molecular formula is C15H18ClN2O. The molecule has 19 heavy (non-hydrogen) atoms. The van der Waals surface area contributed by atoms with Crippen LogP contribution in [0.15, 0.2) is 24.4 Å². The lowest BCUT2D eigenvalue weighted by atomic mass is 10.0. The van der Waals surface area contributed by atoms with Crippen LogP contribution in [0, 0.1) is 13.8 Å². The lowest BCUT2D eigenvalue weighted by Gasteiger charge is -2.05. The quantitative estimate of drug-likeness (QED) is 0.836. The summed E-state index contributed by atoms with van der Waals surface area (Å²) in [6, 6.07) is 5.87. The highest BCUT2D eigenvalue weighted by molar-refractivity contribution is 6.30. The van der Waals surface area contributed by atoms with Crippen LogP contribution in [0.2, 0.25) is 5.02 Å². The SMILES string of the molecule is [CH2]Cc1cn(CCOC)nc1-c1cc(Cl)ccc1C. The van der Waals surface area contributed by atoms with E-state index in [9.17, 15) is 0 Å². The van der Waals surface area contributed by atoms with Gasteiger partial charge in [0.25, 0.3) is 0 Å². The monoisotopic (exact) mass is 277 g/mol. The molecule has 2 rings (SSSR count). The molecule has 3 nitrogen and oxygen atoms in total. The second-order valence-corrected chi connectivity index (χ2v) is 4.90. The number of methoxy groups -OCH3 is 1. The zero-order chi connectivity index (χ0) is 13.8. The third-order valence-electron chi connectivity index (χ3n) is 3.09. The minimum Gasteiger partial charge on any atom is -0.383 e. The summed E-state index contributed by atoms with van der Waals surface area (Å²) in [5.41, 5.74) is 4.32. The van der Waals surface area contributed by atoms with Gasteiger partial charge in [-0.15, -0.1) is 0 Å². The molecule has 0 aliphatic rings. The summed E-state index contributed by atoms with van der Waals surface area (Å²) in [5, 5.41) is 5.35. The van der Waals surface area contributed by atoms with Crippen molar-refractivity contribution in [2.24, 2.45) is 0 Å². The van der Waals surface area contributed by atoms with E-state index in [-0.39, 0.29) is 0 Å². The van der Waals surface area contributed by atoms with Crippen LogP contribution in [-0.2, 0) is 17.7 Å². The lowest BCUT2D eigenvalue weighted by molar-refractivity contribution is 0.183. The van der Waals surface area contributed by atoms with E-state index in [1.807, 2.05) is 29.1 Å². The fourth-order valence-corrected chi connectivity index (χ4v) is 2.19. The molecule has 4 heteroatoms. The number of rotatable bonds is 5. The molecule has 0 amide bonds. The molecule has 0 N–H and O–H groups in total. The van der Waals surface area contributed by atoms with Crippen molar-refractivity contribution in [3.63, 3.8) is 0 Å². The van der Waals surface area contributed by atoms with Crippen LogP contribution < -0.4 is 0 Å². The maximum absolute atomic E-state index is 6.08. The Morgan fingerprint density at radius 3 is 2.89 bits per heavy atom. The zero-order valence-electron chi connectivity index (χ0n) is 11.3. The van der Waals surface area contributed by atoms with Crippen molar-refractivity contribution in [1.82, 2.24) is 9.78 Å². The van der Waals surface area contributed by atoms with Crippen LogP contribution >= 0.6 is 11.6 Å². The lowest BCUT2D eigenvalue weighted by Crippen LogP contribution is -2.04. The van der Waals surface area contributed by atoms with Crippen LogP contribution in [-0.4, -0.2) is 23.5 Å². The van der Waals surface area contributed by atoms with Crippen LogP contribution in [0.5, 0.6) is 0 Å². The molecule has 0 saturated carbocycles. The van der Waals surface area contributed by atoms with Crippen LogP contribution in [0.1, 0.15) is 11.1 Å². The van der Waals surface area contributed by atoms with Gasteiger partial charge in [0.1, 0.15) is 0 Å². The smallest absolute Gasteiger partial charge is 0.0958 e. The van der Waals surface area contributed by atoms with Crippen molar-refractivity contribution in [2.45, 2.75) is 19.9 Å². The van der Waals surface area contributed by atoms with Crippen LogP contribution in [0.3, 0.4) is 0 Å². The van der Waals surface area contributed by atoms with Crippen molar-refractivity contribution in [2.75, 3.05) is 13.7 Å². The van der Waals surface area contributed by atoms with Crippen LogP contribution in [0.25, 0.3) is 11.3 Å². The topological polar surface area (TPSA) is 27.1 Å². The third-order valence-corrected chi connectivity index (χ3v) is 3.32. The maximum Gasteiger partial charge on any atom is 0.0958 e. The van der Waals surface area contributed by atoms with E-state index in [0.717, 1.165) is 34.0 Å². The standard InChI is InChI=1S/C15H18ClN2O/c1-4-12-10-18(7-8-19-3)17-15(12)14-9-13(16)6-5-11(14)2/h5-6,9-10H,1,4,7-8H2,2-3H3. The first-order valence-electron chi connectivity index (χ1n) is 6.26. The van der Waals surface area contributed by atoms with Gasteiger partial charge in [-0.3, -0.25) is 4.68 Å². The van der Waals surface area contributed by atoms with E-state index in [1.165, 1.54) is 0 Å². The Hall–Kier alpha value is -1.32. The summed E-state index contributed by atoms with van der Waals surface area (Å²) >= 11 is 6.08. The van der Waals surface area contributed by atoms with Crippen molar-refractivity contribution in [3.05, 3.63) is 47.5 Å². The van der Waals surface area contributed by atoms with Gasteiger partial charge >= 0.3 is 0 Å². The Bertz CT molecular complexity index is 563. The summed E-state index contributed by atoms with van der Waals surface area (Å²) in [5.74, 6) is 0. The van der Waals surface area contributed by atoms with Gasteiger partial charge in [-0.25, -0.2) is 0 Å². The average Bonchev–Trinajstić information content (AvgIpc) is 2.82. The van der Waals surface area contributed by atoms with Gasteiger partial charge in [0.15, 0.2) is 0 Å². The Labute approximate surface area is 119 Å². The van der Waals surface area contributed by atoms with Crippen molar-refractivity contribution in [1.29, 1.82) is 0 Å². The van der Waals surface area contributed by atoms with E-state index in [4.69, 9.17) is 16.3 Å². The minimum absolute atomic E-state index is 0.645. The first-order chi connectivity index (χ1) is 9.15. The van der Waals surface area contributed by atoms with Crippen LogP contribution in [0.4, 0.5) is 0 Å². The number of hydrogen-bond acceptors (Lipinski definition) is 2. The van der Waals surface area contributed by atoms with Crippen molar-refractivity contribution in [3.8, 4) is 11.3 Å².